The van der Waals surface area contributed by atoms with Crippen molar-refractivity contribution in [1.29, 1.82) is 0 Å². The Hall–Kier alpha value is -2.99. The van der Waals surface area contributed by atoms with E-state index < -0.39 is 0 Å². The highest BCUT2D eigenvalue weighted by Gasteiger charge is 2.07. The zero-order valence-corrected chi connectivity index (χ0v) is 19.1. The summed E-state index contributed by atoms with van der Waals surface area (Å²) in [7, 11) is 1.74. The Balaban J connectivity index is 0.00000320. The summed E-state index contributed by atoms with van der Waals surface area (Å²) in [5.41, 5.74) is 2.97. The first-order valence-electron chi connectivity index (χ1n) is 9.38. The van der Waals surface area contributed by atoms with Gasteiger partial charge in [-0.25, -0.2) is 4.98 Å². The molecule has 0 aliphatic carbocycles. The standard InChI is InChI=1S/C23H24N4O2.HI/c1-3-15-28-21-11-9-18(10-12-21)13-14-25-23(24-2)26-16-20-17-29-22(27-20)19-7-5-4-6-8-19;/h1,4-12,17H,13-16H2,2H3,(H2,24,25,26);1H. The van der Waals surface area contributed by atoms with E-state index in [9.17, 15) is 0 Å². The van der Waals surface area contributed by atoms with Crippen molar-refractivity contribution in [3.05, 3.63) is 72.1 Å². The highest BCUT2D eigenvalue weighted by Crippen LogP contribution is 2.17. The number of aromatic nitrogens is 1. The molecular formula is C23H25IN4O2. The van der Waals surface area contributed by atoms with E-state index in [2.05, 4.69) is 26.5 Å². The Morgan fingerprint density at radius 1 is 1.13 bits per heavy atom. The first-order chi connectivity index (χ1) is 14.3. The SMILES string of the molecule is C#CCOc1ccc(CCNC(=NC)NCc2coc(-c3ccccc3)n2)cc1.I. The van der Waals surface area contributed by atoms with Gasteiger partial charge in [0.15, 0.2) is 5.96 Å². The molecule has 2 N–H and O–H groups in total. The average molecular weight is 516 g/mol. The highest BCUT2D eigenvalue weighted by molar-refractivity contribution is 14.0. The molecule has 30 heavy (non-hydrogen) atoms. The van der Waals surface area contributed by atoms with E-state index in [-0.39, 0.29) is 30.6 Å². The van der Waals surface area contributed by atoms with Gasteiger partial charge in [0, 0.05) is 19.2 Å². The summed E-state index contributed by atoms with van der Waals surface area (Å²) in [6.07, 6.45) is 7.71. The molecule has 0 radical (unpaired) electrons. The second-order valence-electron chi connectivity index (χ2n) is 6.25. The Labute approximate surface area is 194 Å². The number of nitrogens with zero attached hydrogens (tertiary/aromatic N) is 2. The van der Waals surface area contributed by atoms with Gasteiger partial charge in [0.25, 0.3) is 0 Å². The van der Waals surface area contributed by atoms with Gasteiger partial charge >= 0.3 is 0 Å². The number of nitrogens with one attached hydrogen (secondary N) is 2. The summed E-state index contributed by atoms with van der Waals surface area (Å²) >= 11 is 0. The number of oxazole rings is 1. The number of halogens is 1. The molecule has 7 heteroatoms. The van der Waals surface area contributed by atoms with E-state index >= 15 is 0 Å². The lowest BCUT2D eigenvalue weighted by molar-refractivity contribution is 0.370. The van der Waals surface area contributed by atoms with Gasteiger partial charge in [0.2, 0.25) is 5.89 Å². The molecule has 0 fully saturated rings. The minimum Gasteiger partial charge on any atom is -0.481 e. The average Bonchev–Trinajstić information content (AvgIpc) is 3.25. The van der Waals surface area contributed by atoms with Gasteiger partial charge in [-0.3, -0.25) is 4.99 Å². The molecular weight excluding hydrogens is 491 g/mol. The quantitative estimate of drug-likeness (QED) is 0.206. The molecule has 0 unspecified atom stereocenters. The van der Waals surface area contributed by atoms with Crippen LogP contribution in [0.25, 0.3) is 11.5 Å². The molecule has 0 aliphatic rings. The summed E-state index contributed by atoms with van der Waals surface area (Å²) in [4.78, 5) is 8.75. The maximum Gasteiger partial charge on any atom is 0.226 e. The normalized spacial score (nSPS) is 10.6. The predicted octanol–water partition coefficient (Wildman–Crippen LogP) is 3.88. The number of ether oxygens (including phenoxy) is 1. The van der Waals surface area contributed by atoms with Crippen molar-refractivity contribution in [3.63, 3.8) is 0 Å². The molecule has 3 rings (SSSR count). The van der Waals surface area contributed by atoms with Crippen LogP contribution in [-0.2, 0) is 13.0 Å². The molecule has 2 aromatic carbocycles. The van der Waals surface area contributed by atoms with E-state index in [1.54, 1.807) is 13.3 Å². The number of guanidine groups is 1. The second-order valence-corrected chi connectivity index (χ2v) is 6.25. The maximum absolute atomic E-state index is 5.56. The molecule has 0 amide bonds. The second kappa shape index (κ2) is 12.5. The fourth-order valence-corrected chi connectivity index (χ4v) is 2.70. The predicted molar refractivity (Wildman–Crippen MR) is 130 cm³/mol. The van der Waals surface area contributed by atoms with Crippen molar-refractivity contribution in [2.45, 2.75) is 13.0 Å². The summed E-state index contributed by atoms with van der Waals surface area (Å²) < 4.78 is 10.9. The molecule has 0 bridgehead atoms. The Morgan fingerprint density at radius 3 is 2.60 bits per heavy atom. The van der Waals surface area contributed by atoms with Crippen molar-refractivity contribution in [2.24, 2.45) is 4.99 Å². The highest BCUT2D eigenvalue weighted by atomic mass is 127. The summed E-state index contributed by atoms with van der Waals surface area (Å²) in [5.74, 6) is 4.55. The third-order valence-electron chi connectivity index (χ3n) is 4.18. The monoisotopic (exact) mass is 516 g/mol. The van der Waals surface area contributed by atoms with Gasteiger partial charge in [-0.05, 0) is 36.2 Å². The largest absolute Gasteiger partial charge is 0.481 e. The summed E-state index contributed by atoms with van der Waals surface area (Å²) in [6.45, 7) is 1.55. The number of hydrogen-bond donors (Lipinski definition) is 2. The third kappa shape index (κ3) is 7.12. The summed E-state index contributed by atoms with van der Waals surface area (Å²) in [5, 5.41) is 6.54. The molecule has 1 heterocycles. The lowest BCUT2D eigenvalue weighted by atomic mass is 10.1. The number of benzene rings is 2. The van der Waals surface area contributed by atoms with Crippen molar-refractivity contribution < 1.29 is 9.15 Å². The molecule has 0 atom stereocenters. The summed E-state index contributed by atoms with van der Waals surface area (Å²) in [6, 6.07) is 17.7. The van der Waals surface area contributed by atoms with E-state index in [0.717, 1.165) is 30.0 Å². The molecule has 156 valence electrons. The van der Waals surface area contributed by atoms with Gasteiger partial charge in [-0.2, -0.15) is 0 Å². The fraction of sp³-hybridized carbons (Fsp3) is 0.217. The lowest BCUT2D eigenvalue weighted by Crippen LogP contribution is -2.37. The maximum atomic E-state index is 5.56. The topological polar surface area (TPSA) is 71.7 Å². The number of aliphatic imine (C=N–C) groups is 1. The molecule has 0 saturated carbocycles. The molecule has 0 spiro atoms. The van der Waals surface area contributed by atoms with Crippen LogP contribution in [0.3, 0.4) is 0 Å². The van der Waals surface area contributed by atoms with Crippen LogP contribution >= 0.6 is 24.0 Å². The van der Waals surface area contributed by atoms with Crippen molar-refractivity contribution in [2.75, 3.05) is 20.2 Å². The van der Waals surface area contributed by atoms with Crippen LogP contribution in [0.1, 0.15) is 11.3 Å². The number of rotatable bonds is 8. The van der Waals surface area contributed by atoms with Gasteiger partial charge in [0.1, 0.15) is 18.6 Å². The molecule has 0 saturated heterocycles. The Bertz CT molecular complexity index is 963. The van der Waals surface area contributed by atoms with Crippen LogP contribution in [0, 0.1) is 12.3 Å². The van der Waals surface area contributed by atoms with Crippen LogP contribution < -0.4 is 15.4 Å². The smallest absolute Gasteiger partial charge is 0.226 e. The molecule has 3 aromatic rings. The van der Waals surface area contributed by atoms with Crippen LogP contribution in [0.5, 0.6) is 5.75 Å². The lowest BCUT2D eigenvalue weighted by Gasteiger charge is -2.11. The van der Waals surface area contributed by atoms with Crippen LogP contribution in [0.2, 0.25) is 0 Å². The molecule has 0 aliphatic heterocycles. The van der Waals surface area contributed by atoms with E-state index in [0.29, 0.717) is 18.4 Å². The number of terminal acetylenes is 1. The van der Waals surface area contributed by atoms with Crippen molar-refractivity contribution in [3.8, 4) is 29.5 Å². The molecule has 1 aromatic heterocycles. The first-order valence-corrected chi connectivity index (χ1v) is 9.38. The van der Waals surface area contributed by atoms with E-state index in [1.165, 1.54) is 5.56 Å². The van der Waals surface area contributed by atoms with Gasteiger partial charge in [-0.15, -0.1) is 30.4 Å². The van der Waals surface area contributed by atoms with Crippen molar-refractivity contribution in [1.82, 2.24) is 15.6 Å². The van der Waals surface area contributed by atoms with Gasteiger partial charge in [-0.1, -0.05) is 36.3 Å². The van der Waals surface area contributed by atoms with E-state index in [1.807, 2.05) is 54.6 Å². The van der Waals surface area contributed by atoms with E-state index in [4.69, 9.17) is 15.6 Å². The fourth-order valence-electron chi connectivity index (χ4n) is 2.70. The van der Waals surface area contributed by atoms with Crippen molar-refractivity contribution >= 4 is 29.9 Å². The van der Waals surface area contributed by atoms with Crippen LogP contribution in [0.4, 0.5) is 0 Å². The Morgan fingerprint density at radius 2 is 1.90 bits per heavy atom. The third-order valence-corrected chi connectivity index (χ3v) is 4.18. The zero-order chi connectivity index (χ0) is 20.3. The number of hydrogen-bond acceptors (Lipinski definition) is 4. The molecule has 6 nitrogen and oxygen atoms in total. The van der Waals surface area contributed by atoms with Gasteiger partial charge in [0.05, 0.1) is 12.2 Å². The van der Waals surface area contributed by atoms with Crippen LogP contribution in [-0.4, -0.2) is 31.1 Å². The first kappa shape index (κ1) is 23.3. The van der Waals surface area contributed by atoms with Gasteiger partial charge < -0.3 is 19.8 Å². The van der Waals surface area contributed by atoms with Crippen LogP contribution in [0.15, 0.2) is 70.3 Å². The zero-order valence-electron chi connectivity index (χ0n) is 16.8. The Kier molecular flexibility index (Phi) is 9.74. The minimum atomic E-state index is 0. The minimum absolute atomic E-state index is 0.